The molecule has 3 rings (SSSR count). The van der Waals surface area contributed by atoms with E-state index in [9.17, 15) is 9.59 Å². The number of benzene rings is 2. The Morgan fingerprint density at radius 3 is 2.52 bits per heavy atom. The number of ether oxygens (including phenoxy) is 1. The normalized spacial score (nSPS) is 16.7. The van der Waals surface area contributed by atoms with E-state index in [1.807, 2.05) is 67.3 Å². The van der Waals surface area contributed by atoms with Gasteiger partial charge in [0.25, 0.3) is 5.91 Å². The van der Waals surface area contributed by atoms with Gasteiger partial charge in [-0.1, -0.05) is 30.3 Å². The molecule has 0 radical (unpaired) electrons. The number of rotatable bonds is 6. The van der Waals surface area contributed by atoms with E-state index in [2.05, 4.69) is 5.32 Å². The van der Waals surface area contributed by atoms with Crippen molar-refractivity contribution in [3.8, 4) is 16.9 Å². The van der Waals surface area contributed by atoms with Gasteiger partial charge in [0.05, 0.1) is 7.11 Å². The zero-order valence-electron chi connectivity index (χ0n) is 16.1. The summed E-state index contributed by atoms with van der Waals surface area (Å²) in [5.41, 5.74) is 2.60. The number of methoxy groups -OCH3 is 1. The third-order valence-electron chi connectivity index (χ3n) is 4.98. The first-order valence-corrected chi connectivity index (χ1v) is 9.30. The Balaban J connectivity index is 1.61. The van der Waals surface area contributed by atoms with E-state index in [0.29, 0.717) is 25.1 Å². The van der Waals surface area contributed by atoms with Crippen LogP contribution >= 0.6 is 0 Å². The van der Waals surface area contributed by atoms with Crippen LogP contribution in [0.5, 0.6) is 5.75 Å². The maximum Gasteiger partial charge on any atom is 0.251 e. The predicted molar refractivity (Wildman–Crippen MR) is 106 cm³/mol. The van der Waals surface area contributed by atoms with Gasteiger partial charge in [-0.05, 0) is 37.6 Å². The Kier molecular flexibility index (Phi) is 5.79. The van der Waals surface area contributed by atoms with Gasteiger partial charge in [-0.3, -0.25) is 9.59 Å². The molecule has 1 aliphatic rings. The minimum absolute atomic E-state index is 0.114. The lowest BCUT2D eigenvalue weighted by atomic mass is 10.0. The van der Waals surface area contributed by atoms with Crippen LogP contribution in [0.2, 0.25) is 0 Å². The molecule has 1 saturated heterocycles. The fourth-order valence-electron chi connectivity index (χ4n) is 3.47. The SMILES string of the molecule is COc1ccccc1-c1ccc(C(=O)NC[C@@H]2CC(=O)N(C(C)C)C2)cc1. The van der Waals surface area contributed by atoms with Gasteiger partial charge in [-0.2, -0.15) is 0 Å². The molecule has 0 unspecified atom stereocenters. The van der Waals surface area contributed by atoms with Gasteiger partial charge in [0.15, 0.2) is 0 Å². The van der Waals surface area contributed by atoms with E-state index in [0.717, 1.165) is 16.9 Å². The molecule has 2 aromatic rings. The molecule has 2 amide bonds. The van der Waals surface area contributed by atoms with Crippen LogP contribution in [0, 0.1) is 5.92 Å². The zero-order chi connectivity index (χ0) is 19.4. The van der Waals surface area contributed by atoms with Crippen LogP contribution in [0.1, 0.15) is 30.6 Å². The van der Waals surface area contributed by atoms with E-state index in [4.69, 9.17) is 4.74 Å². The van der Waals surface area contributed by atoms with Crippen molar-refractivity contribution in [2.75, 3.05) is 20.2 Å². The van der Waals surface area contributed by atoms with Crippen LogP contribution in [0.4, 0.5) is 0 Å². The van der Waals surface area contributed by atoms with E-state index in [-0.39, 0.29) is 23.8 Å². The van der Waals surface area contributed by atoms with Gasteiger partial charge in [0.1, 0.15) is 5.75 Å². The maximum atomic E-state index is 12.4. The van der Waals surface area contributed by atoms with Gasteiger partial charge in [0, 0.05) is 42.6 Å². The van der Waals surface area contributed by atoms with Crippen molar-refractivity contribution in [2.45, 2.75) is 26.3 Å². The standard InChI is InChI=1S/C22H26N2O3/c1-15(2)24-14-16(12-21(24)25)13-23-22(26)18-10-8-17(9-11-18)19-6-4-5-7-20(19)27-3/h4-11,15-16H,12-14H2,1-3H3,(H,23,26)/t16-/m0/s1. The molecule has 27 heavy (non-hydrogen) atoms. The summed E-state index contributed by atoms with van der Waals surface area (Å²) in [7, 11) is 1.65. The maximum absolute atomic E-state index is 12.4. The summed E-state index contributed by atoms with van der Waals surface area (Å²) in [6, 6.07) is 15.5. The molecule has 1 fully saturated rings. The van der Waals surface area contributed by atoms with Crippen LogP contribution in [0.3, 0.4) is 0 Å². The van der Waals surface area contributed by atoms with Crippen molar-refractivity contribution >= 4 is 11.8 Å². The molecule has 0 bridgehead atoms. The number of likely N-dealkylation sites (tertiary alicyclic amines) is 1. The van der Waals surface area contributed by atoms with Crippen molar-refractivity contribution in [2.24, 2.45) is 5.92 Å². The average Bonchev–Trinajstić information content (AvgIpc) is 3.07. The monoisotopic (exact) mass is 366 g/mol. The molecule has 0 aliphatic carbocycles. The third-order valence-corrected chi connectivity index (χ3v) is 4.98. The van der Waals surface area contributed by atoms with E-state index < -0.39 is 0 Å². The van der Waals surface area contributed by atoms with Gasteiger partial charge in [-0.25, -0.2) is 0 Å². The lowest BCUT2D eigenvalue weighted by molar-refractivity contribution is -0.129. The molecule has 1 aliphatic heterocycles. The Bertz CT molecular complexity index is 815. The number of para-hydroxylation sites is 1. The molecule has 5 heteroatoms. The van der Waals surface area contributed by atoms with Gasteiger partial charge >= 0.3 is 0 Å². The molecule has 2 aromatic carbocycles. The summed E-state index contributed by atoms with van der Waals surface area (Å²) in [4.78, 5) is 26.3. The van der Waals surface area contributed by atoms with Crippen LogP contribution in [-0.4, -0.2) is 43.0 Å². The van der Waals surface area contributed by atoms with Crippen LogP contribution < -0.4 is 10.1 Å². The highest BCUT2D eigenvalue weighted by Crippen LogP contribution is 2.29. The molecule has 0 saturated carbocycles. The summed E-state index contributed by atoms with van der Waals surface area (Å²) in [6.45, 7) is 5.26. The van der Waals surface area contributed by atoms with Gasteiger partial charge in [0.2, 0.25) is 5.91 Å². The summed E-state index contributed by atoms with van der Waals surface area (Å²) in [5, 5.41) is 2.96. The number of hydrogen-bond acceptors (Lipinski definition) is 3. The van der Waals surface area contributed by atoms with Crippen molar-refractivity contribution in [3.05, 3.63) is 54.1 Å². The lowest BCUT2D eigenvalue weighted by Crippen LogP contribution is -2.34. The first-order valence-electron chi connectivity index (χ1n) is 9.30. The molecular formula is C22H26N2O3. The van der Waals surface area contributed by atoms with E-state index in [1.165, 1.54) is 0 Å². The number of hydrogen-bond donors (Lipinski definition) is 1. The number of nitrogens with zero attached hydrogens (tertiary/aromatic N) is 1. The fraction of sp³-hybridized carbons (Fsp3) is 0.364. The molecule has 1 atom stereocenters. The van der Waals surface area contributed by atoms with Gasteiger partial charge < -0.3 is 15.0 Å². The second-order valence-electron chi connectivity index (χ2n) is 7.20. The van der Waals surface area contributed by atoms with Crippen molar-refractivity contribution < 1.29 is 14.3 Å². The summed E-state index contributed by atoms with van der Waals surface area (Å²) in [5.74, 6) is 1.04. The number of nitrogens with one attached hydrogen (secondary N) is 1. The minimum Gasteiger partial charge on any atom is -0.496 e. The average molecular weight is 366 g/mol. The van der Waals surface area contributed by atoms with Crippen LogP contribution in [-0.2, 0) is 4.79 Å². The molecule has 0 spiro atoms. The second kappa shape index (κ2) is 8.25. The zero-order valence-corrected chi connectivity index (χ0v) is 16.1. The second-order valence-corrected chi connectivity index (χ2v) is 7.20. The first-order chi connectivity index (χ1) is 13.0. The molecule has 142 valence electrons. The van der Waals surface area contributed by atoms with Crippen molar-refractivity contribution in [3.63, 3.8) is 0 Å². The smallest absolute Gasteiger partial charge is 0.251 e. The number of carbonyl (C=O) groups is 2. The Morgan fingerprint density at radius 1 is 1.19 bits per heavy atom. The van der Waals surface area contributed by atoms with Crippen molar-refractivity contribution in [1.82, 2.24) is 10.2 Å². The van der Waals surface area contributed by atoms with E-state index >= 15 is 0 Å². The third kappa shape index (κ3) is 4.30. The first kappa shape index (κ1) is 19.0. The minimum atomic E-state index is -0.114. The highest BCUT2D eigenvalue weighted by Gasteiger charge is 2.31. The van der Waals surface area contributed by atoms with Crippen LogP contribution in [0.15, 0.2) is 48.5 Å². The number of carbonyl (C=O) groups excluding carboxylic acids is 2. The fourth-order valence-corrected chi connectivity index (χ4v) is 3.47. The lowest BCUT2D eigenvalue weighted by Gasteiger charge is -2.21. The summed E-state index contributed by atoms with van der Waals surface area (Å²) in [6.07, 6.45) is 0.505. The van der Waals surface area contributed by atoms with Crippen molar-refractivity contribution in [1.29, 1.82) is 0 Å². The molecule has 5 nitrogen and oxygen atoms in total. The molecule has 1 N–H and O–H groups in total. The molecule has 0 aromatic heterocycles. The van der Waals surface area contributed by atoms with Gasteiger partial charge in [-0.15, -0.1) is 0 Å². The quantitative estimate of drug-likeness (QED) is 0.853. The Hall–Kier alpha value is -2.82. The molecular weight excluding hydrogens is 340 g/mol. The summed E-state index contributed by atoms with van der Waals surface area (Å²) >= 11 is 0. The Morgan fingerprint density at radius 2 is 1.89 bits per heavy atom. The predicted octanol–water partition coefficient (Wildman–Crippen LogP) is 3.35. The van der Waals surface area contributed by atoms with E-state index in [1.54, 1.807) is 7.11 Å². The number of amides is 2. The Labute approximate surface area is 160 Å². The van der Waals surface area contributed by atoms with Crippen LogP contribution in [0.25, 0.3) is 11.1 Å². The molecule has 1 heterocycles. The highest BCUT2D eigenvalue weighted by molar-refractivity contribution is 5.94. The topological polar surface area (TPSA) is 58.6 Å². The highest BCUT2D eigenvalue weighted by atomic mass is 16.5. The summed E-state index contributed by atoms with van der Waals surface area (Å²) < 4.78 is 5.40. The largest absolute Gasteiger partial charge is 0.496 e.